The van der Waals surface area contributed by atoms with Crippen molar-refractivity contribution in [3.05, 3.63) is 59.7 Å². The number of carbonyl (C=O) groups is 3. The monoisotopic (exact) mass is 367 g/mol. The highest BCUT2D eigenvalue weighted by molar-refractivity contribution is 5.93. The Morgan fingerprint density at radius 2 is 1.56 bits per heavy atom. The summed E-state index contributed by atoms with van der Waals surface area (Å²) in [5.74, 6) is -0.346. The van der Waals surface area contributed by atoms with Crippen LogP contribution in [0.3, 0.4) is 0 Å². The zero-order chi connectivity index (χ0) is 19.8. The number of hydrogen-bond acceptors (Lipinski definition) is 3. The summed E-state index contributed by atoms with van der Waals surface area (Å²) in [6.45, 7) is 5.65. The number of rotatable bonds is 7. The lowest BCUT2D eigenvalue weighted by atomic mass is 10.1. The van der Waals surface area contributed by atoms with Gasteiger partial charge in [0.25, 0.3) is 0 Å². The summed E-state index contributed by atoms with van der Waals surface area (Å²) >= 11 is 0. The summed E-state index contributed by atoms with van der Waals surface area (Å²) in [7, 11) is 0. The number of nitrogens with one attached hydrogen (secondary N) is 2. The maximum absolute atomic E-state index is 12.1. The van der Waals surface area contributed by atoms with Gasteiger partial charge in [-0.1, -0.05) is 29.8 Å². The SMILES string of the molecule is CC(=O)Nc1ccc(N(CCNC(=O)Cc2ccc(C)cc2)C(C)=O)cc1. The smallest absolute Gasteiger partial charge is 0.224 e. The second-order valence-electron chi connectivity index (χ2n) is 6.41. The van der Waals surface area contributed by atoms with Gasteiger partial charge in [0, 0.05) is 38.3 Å². The first-order chi connectivity index (χ1) is 12.8. The minimum absolute atomic E-state index is 0.0802. The molecule has 0 bridgehead atoms. The zero-order valence-electron chi connectivity index (χ0n) is 15.9. The van der Waals surface area contributed by atoms with E-state index in [9.17, 15) is 14.4 Å². The molecule has 0 saturated heterocycles. The Bertz CT molecular complexity index is 798. The van der Waals surface area contributed by atoms with Crippen LogP contribution in [-0.4, -0.2) is 30.8 Å². The molecule has 0 fully saturated rings. The van der Waals surface area contributed by atoms with Crippen molar-refractivity contribution < 1.29 is 14.4 Å². The van der Waals surface area contributed by atoms with Gasteiger partial charge in [0.2, 0.25) is 17.7 Å². The third-order valence-corrected chi connectivity index (χ3v) is 4.02. The Kier molecular flexibility index (Phi) is 7.11. The Hall–Kier alpha value is -3.15. The molecule has 142 valence electrons. The Labute approximate surface area is 159 Å². The van der Waals surface area contributed by atoms with Crippen LogP contribution in [0.5, 0.6) is 0 Å². The van der Waals surface area contributed by atoms with Crippen LogP contribution >= 0.6 is 0 Å². The van der Waals surface area contributed by atoms with Crippen LogP contribution in [-0.2, 0) is 20.8 Å². The van der Waals surface area contributed by atoms with Gasteiger partial charge in [-0.05, 0) is 36.8 Å². The molecule has 2 aromatic rings. The van der Waals surface area contributed by atoms with Gasteiger partial charge in [0.1, 0.15) is 0 Å². The average Bonchev–Trinajstić information content (AvgIpc) is 2.61. The molecule has 0 saturated carbocycles. The highest BCUT2D eigenvalue weighted by atomic mass is 16.2. The first-order valence-corrected chi connectivity index (χ1v) is 8.83. The molecule has 6 heteroatoms. The molecular weight excluding hydrogens is 342 g/mol. The van der Waals surface area contributed by atoms with Crippen LogP contribution in [0.15, 0.2) is 48.5 Å². The van der Waals surface area contributed by atoms with Crippen LogP contribution in [0.1, 0.15) is 25.0 Å². The molecule has 0 atom stereocenters. The molecule has 0 aliphatic rings. The topological polar surface area (TPSA) is 78.5 Å². The maximum Gasteiger partial charge on any atom is 0.224 e. The summed E-state index contributed by atoms with van der Waals surface area (Å²) in [4.78, 5) is 36.7. The molecular formula is C21H25N3O3. The minimum atomic E-state index is -0.150. The molecule has 0 radical (unpaired) electrons. The largest absolute Gasteiger partial charge is 0.354 e. The van der Waals surface area contributed by atoms with Crippen LogP contribution in [0, 0.1) is 6.92 Å². The summed E-state index contributed by atoms with van der Waals surface area (Å²) in [6, 6.07) is 14.8. The van der Waals surface area contributed by atoms with Crippen molar-refractivity contribution in [3.8, 4) is 0 Å². The van der Waals surface area contributed by atoms with Gasteiger partial charge in [-0.3, -0.25) is 14.4 Å². The standard InChI is InChI=1S/C21H25N3O3/c1-15-4-6-18(7-5-15)14-21(27)22-12-13-24(17(3)26)20-10-8-19(9-11-20)23-16(2)25/h4-11H,12-14H2,1-3H3,(H,22,27)(H,23,25). The Morgan fingerprint density at radius 1 is 0.926 bits per heavy atom. The summed E-state index contributed by atoms with van der Waals surface area (Å²) in [5.41, 5.74) is 3.49. The fourth-order valence-corrected chi connectivity index (χ4v) is 2.66. The second kappa shape index (κ2) is 9.52. The van der Waals surface area contributed by atoms with E-state index in [1.54, 1.807) is 29.2 Å². The lowest BCUT2D eigenvalue weighted by Crippen LogP contribution is -2.38. The van der Waals surface area contributed by atoms with Crippen molar-refractivity contribution in [1.29, 1.82) is 0 Å². The second-order valence-corrected chi connectivity index (χ2v) is 6.41. The van der Waals surface area contributed by atoms with E-state index in [0.717, 1.165) is 11.1 Å². The van der Waals surface area contributed by atoms with Gasteiger partial charge >= 0.3 is 0 Å². The van der Waals surface area contributed by atoms with E-state index < -0.39 is 0 Å². The van der Waals surface area contributed by atoms with E-state index in [-0.39, 0.29) is 17.7 Å². The molecule has 3 amide bonds. The lowest BCUT2D eigenvalue weighted by Gasteiger charge is -2.21. The third kappa shape index (κ3) is 6.58. The van der Waals surface area contributed by atoms with Crippen LogP contribution in [0.25, 0.3) is 0 Å². The molecule has 0 heterocycles. The van der Waals surface area contributed by atoms with Crippen molar-refractivity contribution in [3.63, 3.8) is 0 Å². The Balaban J connectivity index is 1.88. The third-order valence-electron chi connectivity index (χ3n) is 4.02. The fourth-order valence-electron chi connectivity index (χ4n) is 2.66. The van der Waals surface area contributed by atoms with E-state index in [2.05, 4.69) is 10.6 Å². The number of amides is 3. The van der Waals surface area contributed by atoms with Crippen LogP contribution < -0.4 is 15.5 Å². The summed E-state index contributed by atoms with van der Waals surface area (Å²) in [5, 5.41) is 5.53. The Morgan fingerprint density at radius 3 is 2.11 bits per heavy atom. The van der Waals surface area contributed by atoms with Crippen molar-refractivity contribution in [2.24, 2.45) is 0 Å². The van der Waals surface area contributed by atoms with Gasteiger partial charge in [-0.25, -0.2) is 0 Å². The first-order valence-electron chi connectivity index (χ1n) is 8.83. The fraction of sp³-hybridized carbons (Fsp3) is 0.286. The summed E-state index contributed by atoms with van der Waals surface area (Å²) < 4.78 is 0. The molecule has 0 aromatic heterocycles. The molecule has 6 nitrogen and oxygen atoms in total. The van der Waals surface area contributed by atoms with Gasteiger partial charge in [-0.15, -0.1) is 0 Å². The normalized spacial score (nSPS) is 10.2. The molecule has 2 rings (SSSR count). The van der Waals surface area contributed by atoms with Crippen molar-refractivity contribution in [2.45, 2.75) is 27.2 Å². The average molecular weight is 367 g/mol. The highest BCUT2D eigenvalue weighted by Crippen LogP contribution is 2.18. The number of nitrogens with zero attached hydrogens (tertiary/aromatic N) is 1. The van der Waals surface area contributed by atoms with E-state index in [0.29, 0.717) is 30.9 Å². The van der Waals surface area contributed by atoms with Gasteiger partial charge in [-0.2, -0.15) is 0 Å². The molecule has 0 spiro atoms. The summed E-state index contributed by atoms with van der Waals surface area (Å²) in [6.07, 6.45) is 0.311. The zero-order valence-corrected chi connectivity index (χ0v) is 15.9. The maximum atomic E-state index is 12.1. The highest BCUT2D eigenvalue weighted by Gasteiger charge is 2.12. The van der Waals surface area contributed by atoms with Gasteiger partial charge in [0.15, 0.2) is 0 Å². The quantitative estimate of drug-likeness (QED) is 0.790. The molecule has 27 heavy (non-hydrogen) atoms. The van der Waals surface area contributed by atoms with Gasteiger partial charge < -0.3 is 15.5 Å². The number of anilines is 2. The molecule has 0 unspecified atom stereocenters. The van der Waals surface area contributed by atoms with E-state index in [1.807, 2.05) is 31.2 Å². The molecule has 2 aromatic carbocycles. The number of aryl methyl sites for hydroxylation is 1. The van der Waals surface area contributed by atoms with E-state index in [1.165, 1.54) is 13.8 Å². The number of carbonyl (C=O) groups excluding carboxylic acids is 3. The van der Waals surface area contributed by atoms with E-state index in [4.69, 9.17) is 0 Å². The molecule has 0 aliphatic heterocycles. The number of hydrogen-bond donors (Lipinski definition) is 2. The van der Waals surface area contributed by atoms with Crippen molar-refractivity contribution in [2.75, 3.05) is 23.3 Å². The van der Waals surface area contributed by atoms with E-state index >= 15 is 0 Å². The van der Waals surface area contributed by atoms with Crippen LogP contribution in [0.4, 0.5) is 11.4 Å². The van der Waals surface area contributed by atoms with Crippen molar-refractivity contribution >= 4 is 29.1 Å². The minimum Gasteiger partial charge on any atom is -0.354 e. The first kappa shape index (κ1) is 20.2. The van der Waals surface area contributed by atoms with Crippen LogP contribution in [0.2, 0.25) is 0 Å². The van der Waals surface area contributed by atoms with Crippen molar-refractivity contribution in [1.82, 2.24) is 5.32 Å². The molecule has 2 N–H and O–H groups in total. The molecule has 0 aliphatic carbocycles. The predicted molar refractivity (Wildman–Crippen MR) is 107 cm³/mol. The predicted octanol–water partition coefficient (Wildman–Crippen LogP) is 2.67. The van der Waals surface area contributed by atoms with Gasteiger partial charge in [0.05, 0.1) is 6.42 Å². The lowest BCUT2D eigenvalue weighted by molar-refractivity contribution is -0.121. The number of benzene rings is 2.